The highest BCUT2D eigenvalue weighted by Crippen LogP contribution is 2.20. The first-order valence-electron chi connectivity index (χ1n) is 9.79. The monoisotopic (exact) mass is 454 g/mol. The number of carbonyl (C=O) groups excluding carboxylic acids is 1. The third-order valence-electron chi connectivity index (χ3n) is 4.94. The predicted octanol–water partition coefficient (Wildman–Crippen LogP) is 2.11. The van der Waals surface area contributed by atoms with Crippen LogP contribution < -0.4 is 11.2 Å². The van der Waals surface area contributed by atoms with E-state index in [1.807, 2.05) is 0 Å². The van der Waals surface area contributed by atoms with Crippen molar-refractivity contribution in [3.8, 4) is 11.6 Å². The fourth-order valence-corrected chi connectivity index (χ4v) is 3.47. The SMILES string of the molecule is O=C(c1ccc(N=Cc2c(O)n(-c3cccc(Cl)c3)c(=O)[nH]c2=O)cc1)N1CCOCC1. The number of aliphatic imine (C=N–C) groups is 1. The van der Waals surface area contributed by atoms with Crippen LogP contribution in [0.1, 0.15) is 15.9 Å². The number of H-pyrrole nitrogens is 1. The van der Waals surface area contributed by atoms with Crippen LogP contribution in [0.4, 0.5) is 5.69 Å². The quantitative estimate of drug-likeness (QED) is 0.585. The van der Waals surface area contributed by atoms with Crippen LogP contribution >= 0.6 is 11.6 Å². The summed E-state index contributed by atoms with van der Waals surface area (Å²) in [6.45, 7) is 2.12. The highest BCUT2D eigenvalue weighted by atomic mass is 35.5. The number of halogens is 1. The molecule has 3 aromatic rings. The molecular weight excluding hydrogens is 436 g/mol. The molecule has 0 atom stereocenters. The summed E-state index contributed by atoms with van der Waals surface area (Å²) in [5, 5.41) is 10.9. The molecule has 9 nitrogen and oxygen atoms in total. The number of aromatic hydroxyl groups is 1. The molecule has 0 aliphatic carbocycles. The van der Waals surface area contributed by atoms with Crippen molar-refractivity contribution in [2.24, 2.45) is 4.99 Å². The minimum absolute atomic E-state index is 0.0912. The Bertz CT molecular complexity index is 1290. The van der Waals surface area contributed by atoms with E-state index in [4.69, 9.17) is 16.3 Å². The average Bonchev–Trinajstić information content (AvgIpc) is 2.79. The van der Waals surface area contributed by atoms with Crippen molar-refractivity contribution in [1.82, 2.24) is 14.5 Å². The third kappa shape index (κ3) is 4.48. The second kappa shape index (κ2) is 9.21. The van der Waals surface area contributed by atoms with Crippen molar-refractivity contribution in [2.45, 2.75) is 0 Å². The van der Waals surface area contributed by atoms with Crippen LogP contribution in [0.3, 0.4) is 0 Å². The summed E-state index contributed by atoms with van der Waals surface area (Å²) >= 11 is 5.97. The summed E-state index contributed by atoms with van der Waals surface area (Å²) in [5.74, 6) is -0.657. The number of hydrogen-bond donors (Lipinski definition) is 2. The van der Waals surface area contributed by atoms with Crippen molar-refractivity contribution < 1.29 is 14.6 Å². The van der Waals surface area contributed by atoms with Crippen LogP contribution in [0.2, 0.25) is 5.02 Å². The molecule has 0 spiro atoms. The molecule has 0 bridgehead atoms. The van der Waals surface area contributed by atoms with Gasteiger partial charge >= 0.3 is 5.69 Å². The Hall–Kier alpha value is -3.69. The second-order valence-electron chi connectivity index (χ2n) is 7.02. The third-order valence-corrected chi connectivity index (χ3v) is 5.18. The lowest BCUT2D eigenvalue weighted by Crippen LogP contribution is -2.40. The number of benzene rings is 2. The number of nitrogens with zero attached hydrogens (tertiary/aromatic N) is 3. The molecule has 32 heavy (non-hydrogen) atoms. The van der Waals surface area contributed by atoms with Gasteiger partial charge in [0.15, 0.2) is 0 Å². The normalized spacial score (nSPS) is 14.1. The first-order chi connectivity index (χ1) is 15.4. The van der Waals surface area contributed by atoms with E-state index in [1.165, 1.54) is 6.07 Å². The van der Waals surface area contributed by atoms with Gasteiger partial charge in [0.1, 0.15) is 5.56 Å². The Morgan fingerprint density at radius 2 is 1.84 bits per heavy atom. The highest BCUT2D eigenvalue weighted by molar-refractivity contribution is 6.30. The Kier molecular flexibility index (Phi) is 6.20. The van der Waals surface area contributed by atoms with Crippen LogP contribution in [0.15, 0.2) is 63.1 Å². The topological polar surface area (TPSA) is 117 Å². The maximum atomic E-state index is 12.5. The van der Waals surface area contributed by atoms with Crippen molar-refractivity contribution in [2.75, 3.05) is 26.3 Å². The molecule has 1 aliphatic heterocycles. The lowest BCUT2D eigenvalue weighted by Gasteiger charge is -2.26. The van der Waals surface area contributed by atoms with Crippen molar-refractivity contribution in [3.63, 3.8) is 0 Å². The fourth-order valence-electron chi connectivity index (χ4n) is 3.29. The molecule has 2 aromatic carbocycles. The molecule has 0 saturated carbocycles. The van der Waals surface area contributed by atoms with Gasteiger partial charge in [-0.25, -0.2) is 9.36 Å². The second-order valence-corrected chi connectivity index (χ2v) is 7.46. The first-order valence-corrected chi connectivity index (χ1v) is 10.2. The van der Waals surface area contributed by atoms with Gasteiger partial charge in [0, 0.05) is 29.9 Å². The van der Waals surface area contributed by atoms with E-state index in [0.717, 1.165) is 10.8 Å². The summed E-state index contributed by atoms with van der Waals surface area (Å²) in [5.41, 5.74) is -0.523. The number of hydrogen-bond acceptors (Lipinski definition) is 6. The van der Waals surface area contributed by atoms with Crippen molar-refractivity contribution >= 4 is 29.4 Å². The molecule has 1 aromatic heterocycles. The summed E-state index contributed by atoms with van der Waals surface area (Å²) in [6, 6.07) is 12.8. The van der Waals surface area contributed by atoms with Gasteiger partial charge in [-0.05, 0) is 42.5 Å². The average molecular weight is 455 g/mol. The van der Waals surface area contributed by atoms with Crippen LogP contribution in [0.5, 0.6) is 5.88 Å². The zero-order valence-electron chi connectivity index (χ0n) is 16.8. The molecule has 1 amide bonds. The van der Waals surface area contributed by atoms with E-state index >= 15 is 0 Å². The summed E-state index contributed by atoms with van der Waals surface area (Å²) in [4.78, 5) is 45.1. The summed E-state index contributed by atoms with van der Waals surface area (Å²) in [6.07, 6.45) is 1.16. The Labute approximate surface area is 187 Å². The van der Waals surface area contributed by atoms with E-state index in [1.54, 1.807) is 47.4 Å². The number of aromatic amines is 1. The molecule has 2 heterocycles. The highest BCUT2D eigenvalue weighted by Gasteiger charge is 2.18. The summed E-state index contributed by atoms with van der Waals surface area (Å²) < 4.78 is 6.19. The van der Waals surface area contributed by atoms with Gasteiger partial charge in [-0.15, -0.1) is 0 Å². The maximum absolute atomic E-state index is 12.5. The molecule has 164 valence electrons. The number of morpholine rings is 1. The molecular formula is C22H19ClN4O5. The van der Waals surface area contributed by atoms with Gasteiger partial charge < -0.3 is 14.7 Å². The van der Waals surface area contributed by atoms with E-state index in [0.29, 0.717) is 42.6 Å². The van der Waals surface area contributed by atoms with Crippen molar-refractivity contribution in [1.29, 1.82) is 0 Å². The number of aromatic nitrogens is 2. The lowest BCUT2D eigenvalue weighted by molar-refractivity contribution is 0.0303. The zero-order chi connectivity index (χ0) is 22.7. The van der Waals surface area contributed by atoms with Gasteiger partial charge in [-0.3, -0.25) is 19.6 Å². The van der Waals surface area contributed by atoms with Crippen LogP contribution in [-0.2, 0) is 4.74 Å². The van der Waals surface area contributed by atoms with Crippen LogP contribution in [-0.4, -0.2) is 58.0 Å². The Balaban J connectivity index is 1.61. The predicted molar refractivity (Wildman–Crippen MR) is 120 cm³/mol. The van der Waals surface area contributed by atoms with Gasteiger partial charge in [0.2, 0.25) is 5.88 Å². The minimum atomic E-state index is -0.808. The van der Waals surface area contributed by atoms with Crippen molar-refractivity contribution in [3.05, 3.63) is 85.5 Å². The number of nitrogens with one attached hydrogen (secondary N) is 1. The smallest absolute Gasteiger partial charge is 0.335 e. The van der Waals surface area contributed by atoms with E-state index in [-0.39, 0.29) is 17.2 Å². The molecule has 2 N–H and O–H groups in total. The molecule has 1 aliphatic rings. The molecule has 1 fully saturated rings. The largest absolute Gasteiger partial charge is 0.493 e. The molecule has 0 radical (unpaired) electrons. The Morgan fingerprint density at radius 1 is 1.12 bits per heavy atom. The van der Waals surface area contributed by atoms with Crippen LogP contribution in [0.25, 0.3) is 5.69 Å². The standard InChI is InChI=1S/C22H19ClN4O5/c23-15-2-1-3-17(12-15)27-21(30)18(19(28)25-22(27)31)13-24-16-6-4-14(5-7-16)20(29)26-8-10-32-11-9-26/h1-7,12-13,30H,8-11H2,(H,25,28,31). The summed E-state index contributed by atoms with van der Waals surface area (Å²) in [7, 11) is 0. The molecule has 4 rings (SSSR count). The maximum Gasteiger partial charge on any atom is 0.335 e. The molecule has 0 unspecified atom stereocenters. The van der Waals surface area contributed by atoms with E-state index in [2.05, 4.69) is 9.98 Å². The van der Waals surface area contributed by atoms with Gasteiger partial charge in [-0.2, -0.15) is 0 Å². The fraction of sp³-hybridized carbons (Fsp3) is 0.182. The number of carbonyl (C=O) groups is 1. The minimum Gasteiger partial charge on any atom is -0.493 e. The zero-order valence-corrected chi connectivity index (χ0v) is 17.6. The van der Waals surface area contributed by atoms with Gasteiger partial charge in [0.25, 0.3) is 11.5 Å². The first kappa shape index (κ1) is 21.5. The number of ether oxygens (including phenoxy) is 1. The lowest BCUT2D eigenvalue weighted by atomic mass is 10.1. The van der Waals surface area contributed by atoms with E-state index in [9.17, 15) is 19.5 Å². The molecule has 10 heteroatoms. The number of rotatable bonds is 4. The van der Waals surface area contributed by atoms with Gasteiger partial charge in [0.05, 0.1) is 24.6 Å². The van der Waals surface area contributed by atoms with E-state index < -0.39 is 17.1 Å². The van der Waals surface area contributed by atoms with Crippen LogP contribution in [0, 0.1) is 0 Å². The number of amides is 1. The Morgan fingerprint density at radius 3 is 2.53 bits per heavy atom. The molecule has 1 saturated heterocycles. The van der Waals surface area contributed by atoms with Gasteiger partial charge in [-0.1, -0.05) is 17.7 Å².